The van der Waals surface area contributed by atoms with Crippen molar-refractivity contribution in [3.8, 4) is 0 Å². The monoisotopic (exact) mass is 256 g/mol. The van der Waals surface area contributed by atoms with Gasteiger partial charge in [0, 0.05) is 4.47 Å². The van der Waals surface area contributed by atoms with Gasteiger partial charge in [0.25, 0.3) is 5.91 Å². The van der Waals surface area contributed by atoms with Crippen molar-refractivity contribution in [2.45, 2.75) is 0 Å². The first-order valence-electron chi connectivity index (χ1n) is 3.84. The van der Waals surface area contributed by atoms with Crippen LogP contribution >= 0.6 is 15.9 Å². The van der Waals surface area contributed by atoms with E-state index in [4.69, 9.17) is 0 Å². The van der Waals surface area contributed by atoms with Crippen LogP contribution in [0.3, 0.4) is 0 Å². The number of carboxylic acids is 1. The van der Waals surface area contributed by atoms with Crippen LogP contribution in [0.2, 0.25) is 0 Å². The predicted octanol–water partition coefficient (Wildman–Crippen LogP) is -0.0712. The zero-order valence-electron chi connectivity index (χ0n) is 7.12. The molecule has 4 nitrogen and oxygen atoms in total. The Labute approximate surface area is 89.1 Å². The van der Waals surface area contributed by atoms with E-state index in [1.165, 1.54) is 0 Å². The van der Waals surface area contributed by atoms with Crippen molar-refractivity contribution in [2.75, 3.05) is 6.54 Å². The maximum Gasteiger partial charge on any atom is 0.252 e. The number of halogens is 1. The van der Waals surface area contributed by atoms with E-state index in [0.29, 0.717) is 10.0 Å². The molecule has 5 heteroatoms. The van der Waals surface area contributed by atoms with Gasteiger partial charge in [-0.3, -0.25) is 4.79 Å². The molecule has 1 aromatic carbocycles. The molecular weight excluding hydrogens is 250 g/mol. The Bertz CT molecular complexity index is 365. The minimum Gasteiger partial charge on any atom is -0.548 e. The van der Waals surface area contributed by atoms with Gasteiger partial charge in [-0.2, -0.15) is 0 Å². The zero-order valence-corrected chi connectivity index (χ0v) is 8.71. The fraction of sp³-hybridized carbons (Fsp3) is 0.111. The molecule has 0 fully saturated rings. The lowest BCUT2D eigenvalue weighted by Gasteiger charge is -2.06. The molecule has 0 saturated heterocycles. The van der Waals surface area contributed by atoms with E-state index in [2.05, 4.69) is 21.2 Å². The number of rotatable bonds is 3. The van der Waals surface area contributed by atoms with Crippen LogP contribution < -0.4 is 10.4 Å². The third-order valence-corrected chi connectivity index (χ3v) is 2.20. The van der Waals surface area contributed by atoms with Crippen LogP contribution in [0.25, 0.3) is 0 Å². The van der Waals surface area contributed by atoms with Gasteiger partial charge < -0.3 is 15.2 Å². The number of benzene rings is 1. The first kappa shape index (κ1) is 10.7. The quantitative estimate of drug-likeness (QED) is 0.823. The van der Waals surface area contributed by atoms with Gasteiger partial charge in [-0.1, -0.05) is 12.1 Å². The van der Waals surface area contributed by atoms with Crippen molar-refractivity contribution < 1.29 is 14.7 Å². The molecular formula is C9H7BrNO3-. The Balaban J connectivity index is 2.70. The van der Waals surface area contributed by atoms with Gasteiger partial charge in [0.05, 0.1) is 18.1 Å². The summed E-state index contributed by atoms with van der Waals surface area (Å²) in [6.07, 6.45) is 0. The number of carboxylic acid groups (broad SMARTS) is 1. The summed E-state index contributed by atoms with van der Waals surface area (Å²) >= 11 is 3.18. The summed E-state index contributed by atoms with van der Waals surface area (Å²) in [5.74, 6) is -1.76. The van der Waals surface area contributed by atoms with Crippen molar-refractivity contribution in [1.29, 1.82) is 0 Å². The molecule has 1 aromatic rings. The van der Waals surface area contributed by atoms with Gasteiger partial charge >= 0.3 is 0 Å². The predicted molar refractivity (Wildman–Crippen MR) is 51.5 cm³/mol. The third-order valence-electron chi connectivity index (χ3n) is 1.51. The van der Waals surface area contributed by atoms with Crippen molar-refractivity contribution in [2.24, 2.45) is 0 Å². The SMILES string of the molecule is O=C([O-])CNC(=O)c1ccccc1Br. The Morgan fingerprint density at radius 1 is 1.36 bits per heavy atom. The molecule has 74 valence electrons. The minimum atomic E-state index is -1.31. The summed E-state index contributed by atoms with van der Waals surface area (Å²) in [6, 6.07) is 6.75. The van der Waals surface area contributed by atoms with Crippen molar-refractivity contribution in [1.82, 2.24) is 5.32 Å². The number of hydrogen-bond acceptors (Lipinski definition) is 3. The van der Waals surface area contributed by atoms with Crippen molar-refractivity contribution in [3.63, 3.8) is 0 Å². The highest BCUT2D eigenvalue weighted by atomic mass is 79.9. The van der Waals surface area contributed by atoms with Gasteiger partial charge in [0.15, 0.2) is 0 Å². The highest BCUT2D eigenvalue weighted by Gasteiger charge is 2.07. The summed E-state index contributed by atoms with van der Waals surface area (Å²) in [6.45, 7) is -0.486. The Morgan fingerprint density at radius 3 is 2.57 bits per heavy atom. The Morgan fingerprint density at radius 2 is 2.00 bits per heavy atom. The van der Waals surface area contributed by atoms with E-state index in [1.807, 2.05) is 0 Å². The van der Waals surface area contributed by atoms with Crippen LogP contribution in [0.15, 0.2) is 28.7 Å². The molecule has 0 saturated carbocycles. The highest BCUT2D eigenvalue weighted by molar-refractivity contribution is 9.10. The molecule has 0 aliphatic heterocycles. The molecule has 1 N–H and O–H groups in total. The second kappa shape index (κ2) is 4.76. The van der Waals surface area contributed by atoms with E-state index >= 15 is 0 Å². The van der Waals surface area contributed by atoms with E-state index in [-0.39, 0.29) is 0 Å². The lowest BCUT2D eigenvalue weighted by Crippen LogP contribution is -2.37. The minimum absolute atomic E-state index is 0.397. The fourth-order valence-corrected chi connectivity index (χ4v) is 1.36. The van der Waals surface area contributed by atoms with Crippen LogP contribution in [0.1, 0.15) is 10.4 Å². The molecule has 1 amide bonds. The van der Waals surface area contributed by atoms with Gasteiger partial charge in [0.2, 0.25) is 0 Å². The van der Waals surface area contributed by atoms with E-state index in [1.54, 1.807) is 24.3 Å². The highest BCUT2D eigenvalue weighted by Crippen LogP contribution is 2.15. The normalized spacial score (nSPS) is 9.50. The molecule has 0 unspecified atom stereocenters. The zero-order chi connectivity index (χ0) is 10.6. The van der Waals surface area contributed by atoms with Crippen molar-refractivity contribution in [3.05, 3.63) is 34.3 Å². The molecule has 0 aliphatic carbocycles. The summed E-state index contributed by atoms with van der Waals surface area (Å²) in [5, 5.41) is 12.3. The van der Waals surface area contributed by atoms with E-state index in [0.717, 1.165) is 0 Å². The fourth-order valence-electron chi connectivity index (χ4n) is 0.893. The summed E-state index contributed by atoms with van der Waals surface area (Å²) in [5.41, 5.74) is 0.397. The molecule has 0 heterocycles. The molecule has 14 heavy (non-hydrogen) atoms. The van der Waals surface area contributed by atoms with Crippen molar-refractivity contribution >= 4 is 27.8 Å². The Kier molecular flexibility index (Phi) is 3.64. The smallest absolute Gasteiger partial charge is 0.252 e. The van der Waals surface area contributed by atoms with Crippen LogP contribution in [0.5, 0.6) is 0 Å². The lowest BCUT2D eigenvalue weighted by molar-refractivity contribution is -0.303. The maximum atomic E-state index is 11.3. The summed E-state index contributed by atoms with van der Waals surface area (Å²) in [7, 11) is 0. The first-order valence-corrected chi connectivity index (χ1v) is 4.63. The maximum absolute atomic E-state index is 11.3. The molecule has 0 radical (unpaired) electrons. The number of carbonyl (C=O) groups excluding carboxylic acids is 2. The number of carbonyl (C=O) groups is 2. The Hall–Kier alpha value is -1.36. The topological polar surface area (TPSA) is 69.2 Å². The largest absolute Gasteiger partial charge is 0.548 e. The first-order chi connectivity index (χ1) is 6.61. The van der Waals surface area contributed by atoms with Crippen LogP contribution in [-0.2, 0) is 4.79 Å². The summed E-state index contributed by atoms with van der Waals surface area (Å²) < 4.78 is 0.621. The van der Waals surface area contributed by atoms with E-state index < -0.39 is 18.4 Å². The van der Waals surface area contributed by atoms with E-state index in [9.17, 15) is 14.7 Å². The average Bonchev–Trinajstić information content (AvgIpc) is 2.15. The second-order valence-corrected chi connectivity index (χ2v) is 3.39. The average molecular weight is 257 g/mol. The standard InChI is InChI=1S/C9H8BrNO3/c10-7-4-2-1-3-6(7)9(14)11-5-8(12)13/h1-4H,5H2,(H,11,14)(H,12,13)/p-1. The number of aliphatic carboxylic acids is 1. The van der Waals surface area contributed by atoms with Gasteiger partial charge in [-0.25, -0.2) is 0 Å². The third kappa shape index (κ3) is 2.85. The summed E-state index contributed by atoms with van der Waals surface area (Å²) in [4.78, 5) is 21.4. The number of amides is 1. The molecule has 0 spiro atoms. The second-order valence-electron chi connectivity index (χ2n) is 2.53. The lowest BCUT2D eigenvalue weighted by atomic mass is 10.2. The molecule has 0 bridgehead atoms. The van der Waals surface area contributed by atoms with Crippen LogP contribution in [0, 0.1) is 0 Å². The number of hydrogen-bond donors (Lipinski definition) is 1. The van der Waals surface area contributed by atoms with Crippen LogP contribution in [-0.4, -0.2) is 18.4 Å². The molecule has 0 aliphatic rings. The molecule has 0 aromatic heterocycles. The van der Waals surface area contributed by atoms with Crippen LogP contribution in [0.4, 0.5) is 0 Å². The van der Waals surface area contributed by atoms with Gasteiger partial charge in [-0.15, -0.1) is 0 Å². The number of nitrogens with one attached hydrogen (secondary N) is 1. The van der Waals surface area contributed by atoms with Gasteiger partial charge in [0.1, 0.15) is 0 Å². The van der Waals surface area contributed by atoms with Gasteiger partial charge in [-0.05, 0) is 28.1 Å². The molecule has 1 rings (SSSR count). The molecule has 0 atom stereocenters.